The van der Waals surface area contributed by atoms with Gasteiger partial charge in [0.05, 0.1) is 18.4 Å². The Morgan fingerprint density at radius 1 is 1.17 bits per heavy atom. The highest BCUT2D eigenvalue weighted by Gasteiger charge is 2.25. The van der Waals surface area contributed by atoms with E-state index in [0.29, 0.717) is 5.69 Å². The third-order valence-electron chi connectivity index (χ3n) is 2.58. The first-order valence-corrected chi connectivity index (χ1v) is 7.48. The molecule has 0 bridgehead atoms. The highest BCUT2D eigenvalue weighted by molar-refractivity contribution is 5.74. The molecule has 8 nitrogen and oxygen atoms in total. The highest BCUT2D eigenvalue weighted by Crippen LogP contribution is 2.15. The molecular formula is C15H26N4O4. The van der Waals surface area contributed by atoms with Crippen molar-refractivity contribution in [1.29, 1.82) is 0 Å². The van der Waals surface area contributed by atoms with Crippen molar-refractivity contribution in [3.8, 4) is 0 Å². The largest absolute Gasteiger partial charge is 0.458 e. The number of carbonyl (C=O) groups excluding carboxylic acids is 2. The van der Waals surface area contributed by atoms with Crippen LogP contribution in [0.5, 0.6) is 0 Å². The van der Waals surface area contributed by atoms with Crippen LogP contribution in [0.15, 0.2) is 6.20 Å². The van der Waals surface area contributed by atoms with E-state index in [4.69, 9.17) is 9.47 Å². The molecule has 1 aromatic heterocycles. The lowest BCUT2D eigenvalue weighted by atomic mass is 10.2. The highest BCUT2D eigenvalue weighted by atomic mass is 16.6. The van der Waals surface area contributed by atoms with E-state index >= 15 is 0 Å². The molecule has 0 saturated heterocycles. The summed E-state index contributed by atoms with van der Waals surface area (Å²) < 4.78 is 11.9. The molecule has 1 amide bonds. The standard InChI is InChI=1S/C15H26N4O4/c1-10(12(20)22-14(2,3)4)19-11(9-17-18-19)8-16-13(21)23-15(5,6)7/h9-10H,8H2,1-7H3,(H,16,21)/t10-/m0/s1. The van der Waals surface area contributed by atoms with E-state index < -0.39 is 29.3 Å². The van der Waals surface area contributed by atoms with Crippen molar-refractivity contribution in [2.24, 2.45) is 0 Å². The van der Waals surface area contributed by atoms with Crippen LogP contribution >= 0.6 is 0 Å². The van der Waals surface area contributed by atoms with Gasteiger partial charge in [0.2, 0.25) is 0 Å². The van der Waals surface area contributed by atoms with Crippen molar-refractivity contribution in [2.45, 2.75) is 72.3 Å². The third-order valence-corrected chi connectivity index (χ3v) is 2.58. The molecule has 0 aromatic carbocycles. The maximum atomic E-state index is 12.1. The lowest BCUT2D eigenvalue weighted by Crippen LogP contribution is -2.34. The van der Waals surface area contributed by atoms with Crippen molar-refractivity contribution in [3.05, 3.63) is 11.9 Å². The van der Waals surface area contributed by atoms with Gasteiger partial charge in [0.1, 0.15) is 17.2 Å². The predicted molar refractivity (Wildman–Crippen MR) is 83.7 cm³/mol. The number of ether oxygens (including phenoxy) is 2. The topological polar surface area (TPSA) is 95.3 Å². The summed E-state index contributed by atoms with van der Waals surface area (Å²) in [5.41, 5.74) is -0.582. The number of rotatable bonds is 4. The first kappa shape index (κ1) is 18.9. The van der Waals surface area contributed by atoms with Crippen LogP contribution in [-0.2, 0) is 20.8 Å². The molecule has 0 unspecified atom stereocenters. The zero-order chi connectivity index (χ0) is 17.8. The summed E-state index contributed by atoms with van der Waals surface area (Å²) in [6.07, 6.45) is 0.938. The van der Waals surface area contributed by atoms with Crippen LogP contribution in [0.2, 0.25) is 0 Å². The van der Waals surface area contributed by atoms with Gasteiger partial charge in [0.25, 0.3) is 0 Å². The van der Waals surface area contributed by atoms with Gasteiger partial charge in [-0.1, -0.05) is 5.21 Å². The van der Waals surface area contributed by atoms with Gasteiger partial charge >= 0.3 is 12.1 Å². The second-order valence-corrected chi connectivity index (χ2v) is 7.23. The van der Waals surface area contributed by atoms with Gasteiger partial charge < -0.3 is 14.8 Å². The zero-order valence-corrected chi connectivity index (χ0v) is 14.8. The van der Waals surface area contributed by atoms with Crippen molar-refractivity contribution in [1.82, 2.24) is 20.3 Å². The molecule has 1 N–H and O–H groups in total. The number of nitrogens with one attached hydrogen (secondary N) is 1. The molecule has 1 heterocycles. The lowest BCUT2D eigenvalue weighted by Gasteiger charge is -2.23. The quantitative estimate of drug-likeness (QED) is 0.852. The van der Waals surface area contributed by atoms with Crippen LogP contribution in [0.1, 0.15) is 60.2 Å². The van der Waals surface area contributed by atoms with E-state index in [1.54, 1.807) is 48.5 Å². The summed E-state index contributed by atoms with van der Waals surface area (Å²) in [4.78, 5) is 23.8. The molecule has 0 saturated carbocycles. The predicted octanol–water partition coefficient (Wildman–Crippen LogP) is 2.21. The average Bonchev–Trinajstić information content (AvgIpc) is 2.79. The van der Waals surface area contributed by atoms with Crippen LogP contribution in [0.25, 0.3) is 0 Å². The van der Waals surface area contributed by atoms with Crippen molar-refractivity contribution in [2.75, 3.05) is 0 Å². The Labute approximate surface area is 136 Å². The second-order valence-electron chi connectivity index (χ2n) is 7.23. The van der Waals surface area contributed by atoms with E-state index in [2.05, 4.69) is 15.6 Å². The van der Waals surface area contributed by atoms with Gasteiger partial charge in [-0.25, -0.2) is 14.3 Å². The maximum absolute atomic E-state index is 12.1. The fourth-order valence-corrected chi connectivity index (χ4v) is 1.68. The molecule has 130 valence electrons. The number of nitrogens with zero attached hydrogens (tertiary/aromatic N) is 3. The number of esters is 1. The van der Waals surface area contributed by atoms with E-state index in [9.17, 15) is 9.59 Å². The van der Waals surface area contributed by atoms with Gasteiger partial charge in [0.15, 0.2) is 0 Å². The number of aromatic nitrogens is 3. The van der Waals surface area contributed by atoms with Crippen LogP contribution in [-0.4, -0.2) is 38.3 Å². The second kappa shape index (κ2) is 6.97. The molecule has 8 heteroatoms. The third kappa shape index (κ3) is 6.66. The fourth-order valence-electron chi connectivity index (χ4n) is 1.68. The van der Waals surface area contributed by atoms with Gasteiger partial charge in [-0.2, -0.15) is 0 Å². The molecule has 0 aliphatic rings. The van der Waals surface area contributed by atoms with Gasteiger partial charge in [0, 0.05) is 0 Å². The molecular weight excluding hydrogens is 300 g/mol. The first-order chi connectivity index (χ1) is 10.4. The first-order valence-electron chi connectivity index (χ1n) is 7.48. The Bertz CT molecular complexity index is 555. The summed E-state index contributed by atoms with van der Waals surface area (Å²) in [6, 6.07) is -0.646. The minimum absolute atomic E-state index is 0.148. The SMILES string of the molecule is C[C@@H](C(=O)OC(C)(C)C)n1nncc1CNC(=O)OC(C)(C)C. The van der Waals surface area contributed by atoms with E-state index in [-0.39, 0.29) is 6.54 Å². The number of hydrogen-bond donors (Lipinski definition) is 1. The zero-order valence-electron chi connectivity index (χ0n) is 14.8. The lowest BCUT2D eigenvalue weighted by molar-refractivity contribution is -0.158. The monoisotopic (exact) mass is 326 g/mol. The summed E-state index contributed by atoms with van der Waals surface area (Å²) >= 11 is 0. The summed E-state index contributed by atoms with van der Waals surface area (Å²) in [5.74, 6) is -0.415. The van der Waals surface area contributed by atoms with Gasteiger partial charge in [-0.05, 0) is 48.5 Å². The molecule has 1 atom stereocenters. The Kier molecular flexibility index (Phi) is 5.74. The number of carbonyl (C=O) groups is 2. The number of amides is 1. The van der Waals surface area contributed by atoms with Crippen molar-refractivity contribution >= 4 is 12.1 Å². The minimum Gasteiger partial charge on any atom is -0.458 e. The van der Waals surface area contributed by atoms with Crippen LogP contribution < -0.4 is 5.32 Å². The summed E-state index contributed by atoms with van der Waals surface area (Å²) in [6.45, 7) is 12.5. The summed E-state index contributed by atoms with van der Waals surface area (Å²) in [7, 11) is 0. The van der Waals surface area contributed by atoms with Crippen molar-refractivity contribution in [3.63, 3.8) is 0 Å². The van der Waals surface area contributed by atoms with Gasteiger partial charge in [-0.15, -0.1) is 5.10 Å². The summed E-state index contributed by atoms with van der Waals surface area (Å²) in [5, 5.41) is 10.3. The Hall–Kier alpha value is -2.12. The van der Waals surface area contributed by atoms with E-state index in [1.807, 2.05) is 0 Å². The molecule has 23 heavy (non-hydrogen) atoms. The molecule has 0 aliphatic carbocycles. The number of alkyl carbamates (subject to hydrolysis) is 1. The molecule has 0 fully saturated rings. The van der Waals surface area contributed by atoms with Crippen LogP contribution in [0, 0.1) is 0 Å². The van der Waals surface area contributed by atoms with E-state index in [1.165, 1.54) is 10.9 Å². The fraction of sp³-hybridized carbons (Fsp3) is 0.733. The average molecular weight is 326 g/mol. The Morgan fingerprint density at radius 3 is 2.26 bits per heavy atom. The normalized spacial score (nSPS) is 13.3. The molecule has 0 spiro atoms. The minimum atomic E-state index is -0.646. The van der Waals surface area contributed by atoms with E-state index in [0.717, 1.165) is 0 Å². The maximum Gasteiger partial charge on any atom is 0.407 e. The van der Waals surface area contributed by atoms with Crippen molar-refractivity contribution < 1.29 is 19.1 Å². The van der Waals surface area contributed by atoms with Gasteiger partial charge in [-0.3, -0.25) is 0 Å². The van der Waals surface area contributed by atoms with Crippen LogP contribution in [0.3, 0.4) is 0 Å². The molecule has 1 aromatic rings. The molecule has 0 radical (unpaired) electrons. The van der Waals surface area contributed by atoms with Crippen LogP contribution in [0.4, 0.5) is 4.79 Å². The molecule has 1 rings (SSSR count). The molecule has 0 aliphatic heterocycles. The number of hydrogen-bond acceptors (Lipinski definition) is 6. The Balaban J connectivity index is 2.69. The smallest absolute Gasteiger partial charge is 0.407 e. The Morgan fingerprint density at radius 2 is 1.74 bits per heavy atom.